The lowest BCUT2D eigenvalue weighted by Gasteiger charge is -2.31. The molecule has 2 aliphatic rings. The van der Waals surface area contributed by atoms with E-state index in [-0.39, 0.29) is 18.9 Å². The molecule has 0 aromatic carbocycles. The molecule has 0 aromatic heterocycles. The minimum atomic E-state index is -0.873. The number of nitrogens with zero attached hydrogens (tertiary/aromatic N) is 1. The number of urea groups is 1. The van der Waals surface area contributed by atoms with Gasteiger partial charge in [-0.25, -0.2) is 4.79 Å². The number of carbonyl (C=O) groups is 4. The van der Waals surface area contributed by atoms with Gasteiger partial charge in [-0.3, -0.25) is 19.7 Å². The molecule has 0 bridgehead atoms. The van der Waals surface area contributed by atoms with Crippen molar-refractivity contribution in [3.63, 3.8) is 0 Å². The minimum absolute atomic E-state index is 0.0349. The van der Waals surface area contributed by atoms with Crippen LogP contribution in [0.25, 0.3) is 0 Å². The summed E-state index contributed by atoms with van der Waals surface area (Å²) in [7, 11) is 0. The predicted octanol–water partition coefficient (Wildman–Crippen LogP) is -2.46. The second kappa shape index (κ2) is 4.40. The van der Waals surface area contributed by atoms with E-state index in [1.807, 2.05) is 5.32 Å². The quantitative estimate of drug-likeness (QED) is 0.472. The van der Waals surface area contributed by atoms with E-state index in [9.17, 15) is 19.2 Å². The Morgan fingerprint density at radius 2 is 2.00 bits per heavy atom. The van der Waals surface area contributed by atoms with E-state index >= 15 is 0 Å². The number of nitrogens with one attached hydrogen (secondary N) is 3. The zero-order valence-electron chi connectivity index (χ0n) is 8.99. The smallest absolute Gasteiger partial charge is 0.322 e. The maximum atomic E-state index is 11.9. The molecule has 0 aromatic rings. The Morgan fingerprint density at radius 1 is 1.24 bits per heavy atom. The second-order valence-corrected chi connectivity index (χ2v) is 3.89. The molecule has 0 aliphatic carbocycles. The summed E-state index contributed by atoms with van der Waals surface area (Å²) in [6, 6.07) is -1.55. The van der Waals surface area contributed by atoms with Crippen LogP contribution >= 0.6 is 0 Å². The van der Waals surface area contributed by atoms with Crippen LogP contribution in [0.5, 0.6) is 0 Å². The van der Waals surface area contributed by atoms with Crippen molar-refractivity contribution in [2.45, 2.75) is 12.5 Å². The average molecular weight is 240 g/mol. The average Bonchev–Trinajstić information content (AvgIpc) is 2.26. The molecule has 2 heterocycles. The number of imide groups is 1. The van der Waals surface area contributed by atoms with Crippen LogP contribution in [0.1, 0.15) is 6.42 Å². The van der Waals surface area contributed by atoms with Gasteiger partial charge in [0.1, 0.15) is 6.04 Å². The van der Waals surface area contributed by atoms with Gasteiger partial charge in [-0.1, -0.05) is 0 Å². The number of hydrogen-bond donors (Lipinski definition) is 3. The number of piperazine rings is 1. The number of hydrogen-bond acceptors (Lipinski definition) is 4. The molecule has 17 heavy (non-hydrogen) atoms. The van der Waals surface area contributed by atoms with E-state index in [2.05, 4.69) is 10.6 Å². The molecular formula is C9H12N4O4. The summed E-state index contributed by atoms with van der Waals surface area (Å²) in [4.78, 5) is 46.6. The summed E-state index contributed by atoms with van der Waals surface area (Å²) in [5.41, 5.74) is 0. The highest BCUT2D eigenvalue weighted by Crippen LogP contribution is 2.05. The first kappa shape index (κ1) is 11.4. The van der Waals surface area contributed by atoms with E-state index in [0.717, 1.165) is 0 Å². The number of rotatable bonds is 1. The fourth-order valence-corrected chi connectivity index (χ4v) is 1.80. The molecule has 0 saturated carbocycles. The van der Waals surface area contributed by atoms with Gasteiger partial charge >= 0.3 is 6.03 Å². The lowest BCUT2D eigenvalue weighted by atomic mass is 10.1. The van der Waals surface area contributed by atoms with E-state index in [1.54, 1.807) is 0 Å². The topological polar surface area (TPSA) is 108 Å². The molecule has 2 saturated heterocycles. The van der Waals surface area contributed by atoms with Gasteiger partial charge in [0.25, 0.3) is 0 Å². The lowest BCUT2D eigenvalue weighted by molar-refractivity contribution is -0.141. The van der Waals surface area contributed by atoms with Crippen LogP contribution in [-0.4, -0.2) is 54.3 Å². The van der Waals surface area contributed by atoms with Crippen LogP contribution in [-0.2, 0) is 14.4 Å². The fraction of sp³-hybridized carbons (Fsp3) is 0.556. The van der Waals surface area contributed by atoms with Crippen molar-refractivity contribution >= 4 is 23.8 Å². The maximum Gasteiger partial charge on any atom is 0.322 e. The van der Waals surface area contributed by atoms with Crippen molar-refractivity contribution in [3.8, 4) is 0 Å². The van der Waals surface area contributed by atoms with Crippen LogP contribution < -0.4 is 16.0 Å². The third kappa shape index (κ3) is 2.52. The molecule has 0 spiro atoms. The highest BCUT2D eigenvalue weighted by molar-refractivity contribution is 6.02. The second-order valence-electron chi connectivity index (χ2n) is 3.89. The summed E-state index contributed by atoms with van der Waals surface area (Å²) in [6.07, 6.45) is -0.0946. The van der Waals surface area contributed by atoms with Gasteiger partial charge in [0, 0.05) is 13.1 Å². The van der Waals surface area contributed by atoms with Crippen molar-refractivity contribution < 1.29 is 19.2 Å². The van der Waals surface area contributed by atoms with E-state index in [1.165, 1.54) is 4.90 Å². The Labute approximate surface area is 96.7 Å². The highest BCUT2D eigenvalue weighted by atomic mass is 16.2. The first-order valence-electron chi connectivity index (χ1n) is 5.22. The molecule has 1 unspecified atom stereocenters. The van der Waals surface area contributed by atoms with Crippen LogP contribution in [0.15, 0.2) is 0 Å². The first-order valence-corrected chi connectivity index (χ1v) is 5.22. The van der Waals surface area contributed by atoms with Crippen LogP contribution in [0.3, 0.4) is 0 Å². The third-order valence-electron chi connectivity index (χ3n) is 2.60. The molecule has 92 valence electrons. The molecule has 2 rings (SSSR count). The van der Waals surface area contributed by atoms with Gasteiger partial charge in [-0.15, -0.1) is 0 Å². The van der Waals surface area contributed by atoms with Crippen LogP contribution in [0, 0.1) is 0 Å². The fourth-order valence-electron chi connectivity index (χ4n) is 1.80. The standard InChI is InChI=1S/C9H12N4O4/c14-6-3-5(11-9(17)12-6)8(16)13-2-1-10-7(15)4-13/h5H,1-4H2,(H,10,15)(H2,11,12,14,17). The molecule has 5 amide bonds. The van der Waals surface area contributed by atoms with E-state index in [0.29, 0.717) is 13.1 Å². The molecular weight excluding hydrogens is 228 g/mol. The number of carbonyl (C=O) groups excluding carboxylic acids is 4. The Balaban J connectivity index is 2.01. The van der Waals surface area contributed by atoms with Crippen molar-refractivity contribution in [1.29, 1.82) is 0 Å². The van der Waals surface area contributed by atoms with Gasteiger partial charge in [0.2, 0.25) is 17.7 Å². The normalized spacial score (nSPS) is 24.8. The summed E-state index contributed by atoms with van der Waals surface area (Å²) in [5.74, 6) is -1.13. The Kier molecular flexibility index (Phi) is 2.94. The molecule has 1 atom stereocenters. The molecule has 0 radical (unpaired) electrons. The first-order chi connectivity index (χ1) is 8.06. The van der Waals surface area contributed by atoms with Crippen LogP contribution in [0.2, 0.25) is 0 Å². The zero-order valence-corrected chi connectivity index (χ0v) is 8.99. The molecule has 2 fully saturated rings. The Morgan fingerprint density at radius 3 is 2.65 bits per heavy atom. The SMILES string of the molecule is O=C1CN(C(=O)C2CC(=O)NC(=O)N2)CCN1. The molecule has 8 nitrogen and oxygen atoms in total. The summed E-state index contributed by atoms with van der Waals surface area (Å²) < 4.78 is 0. The lowest BCUT2D eigenvalue weighted by Crippen LogP contribution is -2.61. The summed E-state index contributed by atoms with van der Waals surface area (Å²) in [6.45, 7) is 0.739. The molecule has 3 N–H and O–H groups in total. The van der Waals surface area contributed by atoms with E-state index < -0.39 is 23.9 Å². The predicted molar refractivity (Wildman–Crippen MR) is 54.7 cm³/mol. The van der Waals surface area contributed by atoms with Gasteiger partial charge in [0.15, 0.2) is 0 Å². The monoisotopic (exact) mass is 240 g/mol. The summed E-state index contributed by atoms with van der Waals surface area (Å²) >= 11 is 0. The largest absolute Gasteiger partial charge is 0.353 e. The Hall–Kier alpha value is -2.12. The maximum absolute atomic E-state index is 11.9. The van der Waals surface area contributed by atoms with Crippen molar-refractivity contribution in [1.82, 2.24) is 20.9 Å². The summed E-state index contributed by atoms with van der Waals surface area (Å²) in [5, 5.41) is 6.99. The van der Waals surface area contributed by atoms with Gasteiger partial charge in [0.05, 0.1) is 13.0 Å². The van der Waals surface area contributed by atoms with Gasteiger partial charge < -0.3 is 15.5 Å². The van der Waals surface area contributed by atoms with Crippen molar-refractivity contribution in [3.05, 3.63) is 0 Å². The van der Waals surface area contributed by atoms with Gasteiger partial charge in [-0.05, 0) is 0 Å². The third-order valence-corrected chi connectivity index (χ3v) is 2.60. The van der Waals surface area contributed by atoms with Gasteiger partial charge in [-0.2, -0.15) is 0 Å². The van der Waals surface area contributed by atoms with Crippen molar-refractivity contribution in [2.24, 2.45) is 0 Å². The zero-order chi connectivity index (χ0) is 12.4. The van der Waals surface area contributed by atoms with E-state index in [4.69, 9.17) is 0 Å². The minimum Gasteiger partial charge on any atom is -0.353 e. The highest BCUT2D eigenvalue weighted by Gasteiger charge is 2.33. The molecule has 2 aliphatic heterocycles. The number of amides is 5. The Bertz CT molecular complexity index is 378. The van der Waals surface area contributed by atoms with Crippen molar-refractivity contribution in [2.75, 3.05) is 19.6 Å². The molecule has 8 heteroatoms. The van der Waals surface area contributed by atoms with Crippen LogP contribution in [0.4, 0.5) is 4.79 Å².